The summed E-state index contributed by atoms with van der Waals surface area (Å²) in [4.78, 5) is 22.1. The number of hydrogen-bond acceptors (Lipinski definition) is 9. The summed E-state index contributed by atoms with van der Waals surface area (Å²) in [5, 5.41) is 0.701. The highest BCUT2D eigenvalue weighted by molar-refractivity contribution is 6.35. The van der Waals surface area contributed by atoms with Crippen molar-refractivity contribution in [3.8, 4) is 11.5 Å². The first kappa shape index (κ1) is 30.7. The molecular formula is C34H33Cl2FN4O6. The average molecular weight is 684 g/mol. The lowest BCUT2D eigenvalue weighted by Crippen LogP contribution is -2.59. The number of carbonyl (C=O) groups is 1. The summed E-state index contributed by atoms with van der Waals surface area (Å²) in [5.74, 6) is -0.333. The van der Waals surface area contributed by atoms with E-state index in [1.54, 1.807) is 31.2 Å². The Morgan fingerprint density at radius 1 is 1.11 bits per heavy atom. The fourth-order valence-electron chi connectivity index (χ4n) is 7.15. The van der Waals surface area contributed by atoms with Gasteiger partial charge < -0.3 is 33.2 Å². The lowest BCUT2D eigenvalue weighted by Gasteiger charge is -2.44. The second-order valence-electron chi connectivity index (χ2n) is 12.5. The molecule has 0 radical (unpaired) electrons. The molecule has 1 unspecified atom stereocenters. The van der Waals surface area contributed by atoms with Crippen molar-refractivity contribution in [2.45, 2.75) is 50.4 Å². The number of carbonyl (C=O) groups excluding carboxylic acids is 1. The largest absolute Gasteiger partial charge is 0.465 e. The summed E-state index contributed by atoms with van der Waals surface area (Å²) in [5.41, 5.74) is 2.94. The molecule has 8 rings (SSSR count). The van der Waals surface area contributed by atoms with Gasteiger partial charge in [-0.1, -0.05) is 29.3 Å². The van der Waals surface area contributed by atoms with Crippen LogP contribution < -0.4 is 14.4 Å². The molecule has 13 heteroatoms. The fraction of sp³-hybridized carbons (Fsp3) is 0.412. The molecule has 4 aliphatic heterocycles. The van der Waals surface area contributed by atoms with Crippen LogP contribution in [0.2, 0.25) is 10.0 Å². The van der Waals surface area contributed by atoms with Crippen LogP contribution >= 0.6 is 23.2 Å². The lowest BCUT2D eigenvalue weighted by atomic mass is 10.0. The van der Waals surface area contributed by atoms with Crippen molar-refractivity contribution < 1.29 is 32.9 Å². The first-order chi connectivity index (χ1) is 22.7. The van der Waals surface area contributed by atoms with Crippen molar-refractivity contribution in [2.24, 2.45) is 0 Å². The average Bonchev–Trinajstić information content (AvgIpc) is 3.74. The molecule has 3 fully saturated rings. The number of halogens is 3. The van der Waals surface area contributed by atoms with E-state index in [0.29, 0.717) is 65.5 Å². The first-order valence-electron chi connectivity index (χ1n) is 15.7. The number of hydrogen-bond donors (Lipinski definition) is 0. The highest BCUT2D eigenvalue weighted by Crippen LogP contribution is 2.51. The van der Waals surface area contributed by atoms with E-state index in [2.05, 4.69) is 14.4 Å². The highest BCUT2D eigenvalue weighted by Gasteiger charge is 2.46. The maximum Gasteiger partial charge on any atom is 0.337 e. The number of rotatable bonds is 7. The van der Waals surface area contributed by atoms with Gasteiger partial charge in [-0.05, 0) is 48.9 Å². The van der Waals surface area contributed by atoms with Crippen molar-refractivity contribution in [3.05, 3.63) is 81.3 Å². The van der Waals surface area contributed by atoms with E-state index in [4.69, 9.17) is 51.9 Å². The number of methoxy groups -OCH3 is 1. The van der Waals surface area contributed by atoms with Crippen LogP contribution in [-0.4, -0.2) is 78.6 Å². The van der Waals surface area contributed by atoms with E-state index in [0.717, 1.165) is 36.6 Å². The number of imidazole rings is 1. The van der Waals surface area contributed by atoms with E-state index in [1.807, 2.05) is 18.2 Å². The SMILES string of the molecule is COC(=O)c1cc(Cl)c2nc(CN3CCN(c4cccc5c4OC(C)(c4ccc(Cl)cc4F)O5)[C@H]4COC[C@H]43)n(C[C@@H]3CCO3)c2c1. The molecule has 1 aromatic heterocycles. The molecule has 4 aliphatic rings. The molecule has 3 saturated heterocycles. The van der Waals surface area contributed by atoms with Gasteiger partial charge >= 0.3 is 5.97 Å². The number of anilines is 1. The molecule has 0 amide bonds. The van der Waals surface area contributed by atoms with E-state index in [1.165, 1.54) is 13.2 Å². The minimum absolute atomic E-state index is 0.0280. The zero-order chi connectivity index (χ0) is 32.4. The number of esters is 1. The maximum atomic E-state index is 15.0. The van der Waals surface area contributed by atoms with Crippen LogP contribution in [0.25, 0.3) is 11.0 Å². The van der Waals surface area contributed by atoms with Crippen LogP contribution in [0.3, 0.4) is 0 Å². The number of ether oxygens (including phenoxy) is 5. The predicted octanol–water partition coefficient (Wildman–Crippen LogP) is 5.79. The van der Waals surface area contributed by atoms with E-state index in [9.17, 15) is 9.18 Å². The van der Waals surface area contributed by atoms with E-state index in [-0.39, 0.29) is 23.8 Å². The third-order valence-corrected chi connectivity index (χ3v) is 10.2. The van der Waals surface area contributed by atoms with Crippen LogP contribution in [-0.2, 0) is 33.1 Å². The third kappa shape index (κ3) is 5.28. The van der Waals surface area contributed by atoms with Gasteiger partial charge in [-0.2, -0.15) is 0 Å². The Morgan fingerprint density at radius 3 is 2.70 bits per heavy atom. The van der Waals surface area contributed by atoms with Crippen molar-refractivity contribution >= 4 is 45.9 Å². The Bertz CT molecular complexity index is 1890. The molecular weight excluding hydrogens is 650 g/mol. The molecule has 0 bridgehead atoms. The monoisotopic (exact) mass is 682 g/mol. The van der Waals surface area contributed by atoms with Crippen LogP contribution in [0.4, 0.5) is 10.1 Å². The topological polar surface area (TPSA) is 87.5 Å². The van der Waals surface area contributed by atoms with E-state index < -0.39 is 17.6 Å². The van der Waals surface area contributed by atoms with E-state index >= 15 is 0 Å². The van der Waals surface area contributed by atoms with Gasteiger partial charge in [0.25, 0.3) is 5.79 Å². The molecule has 5 heterocycles. The number of benzene rings is 3. The Balaban J connectivity index is 1.08. The predicted molar refractivity (Wildman–Crippen MR) is 173 cm³/mol. The normalized spacial score (nSPS) is 25.2. The number of para-hydroxylation sites is 1. The minimum Gasteiger partial charge on any atom is -0.465 e. The molecule has 4 atom stereocenters. The van der Waals surface area contributed by atoms with Crippen molar-refractivity contribution in [1.29, 1.82) is 0 Å². The minimum atomic E-state index is -1.35. The van der Waals surface area contributed by atoms with Crippen molar-refractivity contribution in [3.63, 3.8) is 0 Å². The number of aromatic nitrogens is 2. The smallest absolute Gasteiger partial charge is 0.337 e. The lowest BCUT2D eigenvalue weighted by molar-refractivity contribution is -0.0705. The van der Waals surface area contributed by atoms with Gasteiger partial charge in [0.2, 0.25) is 0 Å². The van der Waals surface area contributed by atoms with Gasteiger partial charge in [0.15, 0.2) is 11.5 Å². The van der Waals surface area contributed by atoms with Crippen LogP contribution in [0.1, 0.15) is 35.1 Å². The van der Waals surface area contributed by atoms with Crippen molar-refractivity contribution in [2.75, 3.05) is 44.9 Å². The molecule has 0 N–H and O–H groups in total. The van der Waals surface area contributed by atoms with Gasteiger partial charge in [0, 0.05) is 31.6 Å². The van der Waals surface area contributed by atoms with Gasteiger partial charge in [-0.25, -0.2) is 14.2 Å². The summed E-state index contributed by atoms with van der Waals surface area (Å²) in [6.45, 7) is 6.12. The van der Waals surface area contributed by atoms with Crippen LogP contribution in [0, 0.1) is 5.82 Å². The van der Waals surface area contributed by atoms with Crippen LogP contribution in [0.5, 0.6) is 11.5 Å². The highest BCUT2D eigenvalue weighted by atomic mass is 35.5. The summed E-state index contributed by atoms with van der Waals surface area (Å²) in [6, 6.07) is 13.7. The molecule has 47 heavy (non-hydrogen) atoms. The summed E-state index contributed by atoms with van der Waals surface area (Å²) >= 11 is 12.7. The quantitative estimate of drug-likeness (QED) is 0.225. The van der Waals surface area contributed by atoms with Crippen molar-refractivity contribution in [1.82, 2.24) is 14.5 Å². The molecule has 0 spiro atoms. The number of piperazine rings is 1. The second-order valence-corrected chi connectivity index (χ2v) is 13.3. The second kappa shape index (κ2) is 11.8. The zero-order valence-electron chi connectivity index (χ0n) is 25.9. The Labute approximate surface area is 280 Å². The van der Waals surface area contributed by atoms with Gasteiger partial charge in [-0.15, -0.1) is 0 Å². The third-order valence-electron chi connectivity index (χ3n) is 9.64. The first-order valence-corrected chi connectivity index (χ1v) is 16.4. The molecule has 0 aliphatic carbocycles. The van der Waals surface area contributed by atoms with Crippen LogP contribution in [0.15, 0.2) is 48.5 Å². The molecule has 4 aromatic rings. The summed E-state index contributed by atoms with van der Waals surface area (Å²) < 4.78 is 46.6. The Kier molecular flexibility index (Phi) is 7.72. The van der Waals surface area contributed by atoms with Gasteiger partial charge in [-0.3, -0.25) is 4.90 Å². The molecule has 0 saturated carbocycles. The maximum absolute atomic E-state index is 15.0. The molecule has 246 valence electrons. The number of fused-ring (bicyclic) bond motifs is 3. The van der Waals surface area contributed by atoms with Gasteiger partial charge in [0.1, 0.15) is 17.2 Å². The standard InChI is InChI=1S/C34H33Cl2FN4O6/c1-34(22-7-6-20(35)14-24(22)37)46-29-5-3-4-25(32(29)47-34)40-10-9-39(27-17-44-18-28(27)40)16-30-38-31-23(36)12-19(33(42)43-2)13-26(31)41(30)15-21-8-11-45-21/h3-7,12-14,21,27-28H,8-11,15-18H2,1-2H3/t21-,27+,28-,34?/m0/s1. The van der Waals surface area contributed by atoms with Gasteiger partial charge in [0.05, 0.1) is 79.0 Å². The zero-order valence-corrected chi connectivity index (χ0v) is 27.4. The number of nitrogens with zero attached hydrogens (tertiary/aromatic N) is 4. The Hall–Kier alpha value is -3.61. The molecule has 10 nitrogen and oxygen atoms in total. The summed E-state index contributed by atoms with van der Waals surface area (Å²) in [7, 11) is 1.35. The summed E-state index contributed by atoms with van der Waals surface area (Å²) in [6.07, 6.45) is 1.03. The molecule has 3 aromatic carbocycles. The fourth-order valence-corrected chi connectivity index (χ4v) is 7.57. The Morgan fingerprint density at radius 2 is 1.94 bits per heavy atom.